The molecule has 12 heavy (non-hydrogen) atoms. The Hall–Kier alpha value is -0.580. The summed E-state index contributed by atoms with van der Waals surface area (Å²) in [5.74, 6) is 0. The van der Waals surface area contributed by atoms with Crippen LogP contribution >= 0.6 is 22.6 Å². The van der Waals surface area contributed by atoms with E-state index in [9.17, 15) is 0 Å². The Balaban J connectivity index is 2.64. The lowest BCUT2D eigenvalue weighted by atomic mass is 10.2. The Morgan fingerprint density at radius 2 is 2.08 bits per heavy atom. The van der Waals surface area contributed by atoms with Gasteiger partial charge in [-0.25, -0.2) is 0 Å². The average Bonchev–Trinajstić information content (AvgIpc) is 2.16. The molecule has 0 unspecified atom stereocenters. The van der Waals surface area contributed by atoms with Crippen molar-refractivity contribution < 1.29 is 9.58 Å². The van der Waals surface area contributed by atoms with Gasteiger partial charge in [0.2, 0.25) is 6.54 Å². The molecule has 0 fully saturated rings. The quantitative estimate of drug-likeness (QED) is 0.357. The van der Waals surface area contributed by atoms with Crippen molar-refractivity contribution in [3.63, 3.8) is 0 Å². The molecule has 64 valence electrons. The number of hydrogen-bond acceptors (Lipinski definition) is 1. The van der Waals surface area contributed by atoms with Crippen LogP contribution in [-0.2, 0) is 11.4 Å². The van der Waals surface area contributed by atoms with E-state index in [4.69, 9.17) is 4.84 Å². The molecule has 0 radical (unpaired) electrons. The first-order valence-electron chi connectivity index (χ1n) is 3.65. The molecular weight excluding hydrogens is 265 g/mol. The predicted octanol–water partition coefficient (Wildman–Crippen LogP) is 2.22. The standard InChI is InChI=1S/C9H11INO/c1-12-11(8-10)7-9-5-3-2-4-6-9/h2-6,8H,7H2,1H3/q+1/b11-8-. The zero-order valence-electron chi connectivity index (χ0n) is 6.90. The smallest absolute Gasteiger partial charge is 0.251 e. The summed E-state index contributed by atoms with van der Waals surface area (Å²) in [6.07, 6.45) is 0. The summed E-state index contributed by atoms with van der Waals surface area (Å²) < 4.78 is 3.65. The molecule has 0 saturated carbocycles. The first-order chi connectivity index (χ1) is 5.86. The van der Waals surface area contributed by atoms with Crippen LogP contribution in [0.5, 0.6) is 0 Å². The lowest BCUT2D eigenvalue weighted by Gasteiger charge is -1.97. The molecule has 0 aliphatic heterocycles. The molecule has 0 N–H and O–H groups in total. The van der Waals surface area contributed by atoms with Crippen LogP contribution in [0, 0.1) is 0 Å². The predicted molar refractivity (Wildman–Crippen MR) is 57.5 cm³/mol. The van der Waals surface area contributed by atoms with Crippen LogP contribution in [0.2, 0.25) is 0 Å². The second-order valence-corrected chi connectivity index (χ2v) is 2.90. The fraction of sp³-hybridized carbons (Fsp3) is 0.222. The van der Waals surface area contributed by atoms with Crippen LogP contribution < -0.4 is 0 Å². The van der Waals surface area contributed by atoms with Crippen molar-refractivity contribution in [1.82, 2.24) is 0 Å². The van der Waals surface area contributed by atoms with Crippen molar-refractivity contribution in [3.8, 4) is 0 Å². The molecule has 3 heteroatoms. The molecule has 0 amide bonds. The van der Waals surface area contributed by atoms with E-state index in [0.717, 1.165) is 6.54 Å². The third-order valence-electron chi connectivity index (χ3n) is 1.52. The Bertz CT molecular complexity index is 258. The molecule has 1 aromatic rings. The van der Waals surface area contributed by atoms with Gasteiger partial charge in [0.25, 0.3) is 4.22 Å². The number of rotatable bonds is 3. The van der Waals surface area contributed by atoms with E-state index in [1.54, 1.807) is 11.8 Å². The summed E-state index contributed by atoms with van der Waals surface area (Å²) in [7, 11) is 1.66. The molecule has 0 aromatic heterocycles. The Labute approximate surface area is 86.0 Å². The van der Waals surface area contributed by atoms with Gasteiger partial charge in [-0.05, 0) is 4.74 Å². The fourth-order valence-electron chi connectivity index (χ4n) is 0.902. The topological polar surface area (TPSA) is 12.2 Å². The third kappa shape index (κ3) is 2.81. The van der Waals surface area contributed by atoms with Crippen molar-refractivity contribution >= 4 is 26.8 Å². The van der Waals surface area contributed by atoms with E-state index < -0.39 is 0 Å². The maximum Gasteiger partial charge on any atom is 0.251 e. The Kier molecular flexibility index (Phi) is 4.07. The van der Waals surface area contributed by atoms with Crippen LogP contribution in [0.3, 0.4) is 0 Å². The van der Waals surface area contributed by atoms with Gasteiger partial charge < -0.3 is 0 Å². The molecule has 0 bridgehead atoms. The number of hydrogen-bond donors (Lipinski definition) is 0. The minimum atomic E-state index is 0.792. The van der Waals surface area contributed by atoms with Crippen LogP contribution in [0.4, 0.5) is 0 Å². The van der Waals surface area contributed by atoms with Gasteiger partial charge in [-0.1, -0.05) is 30.3 Å². The molecule has 0 saturated heterocycles. The van der Waals surface area contributed by atoms with Gasteiger partial charge in [0.05, 0.1) is 0 Å². The van der Waals surface area contributed by atoms with Crippen LogP contribution in [0.25, 0.3) is 0 Å². The van der Waals surface area contributed by atoms with E-state index in [2.05, 4.69) is 34.7 Å². The molecule has 0 aliphatic carbocycles. The Morgan fingerprint density at radius 1 is 1.42 bits per heavy atom. The highest BCUT2D eigenvalue weighted by molar-refractivity contribution is 14.1. The van der Waals surface area contributed by atoms with Crippen molar-refractivity contribution in [2.45, 2.75) is 6.54 Å². The normalized spacial score (nSPS) is 11.3. The highest BCUT2D eigenvalue weighted by atomic mass is 127. The second-order valence-electron chi connectivity index (χ2n) is 2.34. The average molecular weight is 276 g/mol. The summed E-state index contributed by atoms with van der Waals surface area (Å²) in [6, 6.07) is 10.2. The first kappa shape index (κ1) is 9.51. The monoisotopic (exact) mass is 276 g/mol. The third-order valence-corrected chi connectivity index (χ3v) is 2.15. The van der Waals surface area contributed by atoms with Crippen molar-refractivity contribution in [2.24, 2.45) is 0 Å². The van der Waals surface area contributed by atoms with E-state index in [1.165, 1.54) is 5.56 Å². The van der Waals surface area contributed by atoms with Crippen LogP contribution in [-0.4, -0.2) is 16.1 Å². The summed E-state index contributed by atoms with van der Waals surface area (Å²) in [5, 5.41) is 0. The molecular formula is C9H11INO+. The molecule has 1 rings (SSSR count). The maximum atomic E-state index is 5.07. The Morgan fingerprint density at radius 3 is 2.58 bits per heavy atom. The summed E-state index contributed by atoms with van der Waals surface area (Å²) in [5.41, 5.74) is 1.24. The van der Waals surface area contributed by atoms with Gasteiger partial charge in [0.15, 0.2) is 0 Å². The molecule has 0 atom stereocenters. The van der Waals surface area contributed by atoms with Gasteiger partial charge in [0.1, 0.15) is 7.11 Å². The van der Waals surface area contributed by atoms with Gasteiger partial charge >= 0.3 is 0 Å². The second kappa shape index (κ2) is 5.13. The molecule has 2 nitrogen and oxygen atoms in total. The molecule has 0 spiro atoms. The van der Waals surface area contributed by atoms with Gasteiger partial charge in [0, 0.05) is 28.2 Å². The van der Waals surface area contributed by atoms with Crippen LogP contribution in [0.1, 0.15) is 5.56 Å². The van der Waals surface area contributed by atoms with Crippen molar-refractivity contribution in [3.05, 3.63) is 35.9 Å². The van der Waals surface area contributed by atoms with Gasteiger partial charge in [-0.15, -0.1) is 0 Å². The lowest BCUT2D eigenvalue weighted by molar-refractivity contribution is -0.786. The minimum Gasteiger partial charge on any atom is -0.280 e. The van der Waals surface area contributed by atoms with Crippen molar-refractivity contribution in [2.75, 3.05) is 7.11 Å². The van der Waals surface area contributed by atoms with Crippen LogP contribution in [0.15, 0.2) is 30.3 Å². The zero-order chi connectivity index (χ0) is 8.81. The summed E-state index contributed by atoms with van der Waals surface area (Å²) in [6.45, 7) is 0.792. The largest absolute Gasteiger partial charge is 0.280 e. The summed E-state index contributed by atoms with van der Waals surface area (Å²) >= 11 is 2.15. The van der Waals surface area contributed by atoms with E-state index in [-0.39, 0.29) is 0 Å². The highest BCUT2D eigenvalue weighted by Crippen LogP contribution is 2.00. The van der Waals surface area contributed by atoms with E-state index in [0.29, 0.717) is 0 Å². The van der Waals surface area contributed by atoms with E-state index >= 15 is 0 Å². The van der Waals surface area contributed by atoms with Gasteiger partial charge in [-0.2, -0.15) is 0 Å². The van der Waals surface area contributed by atoms with Gasteiger partial charge in [-0.3, -0.25) is 4.84 Å². The highest BCUT2D eigenvalue weighted by Gasteiger charge is 2.02. The maximum absolute atomic E-state index is 5.07. The number of benzene rings is 1. The lowest BCUT2D eigenvalue weighted by Crippen LogP contribution is -2.08. The number of nitrogens with zero attached hydrogens (tertiary/aromatic N) is 1. The zero-order valence-corrected chi connectivity index (χ0v) is 9.06. The SMILES string of the molecule is CO/[N+](=C\I)Cc1ccccc1. The summed E-state index contributed by atoms with van der Waals surface area (Å²) in [4.78, 5) is 5.07. The molecule has 0 heterocycles. The first-order valence-corrected chi connectivity index (χ1v) is 4.89. The number of halogens is 1. The fourth-order valence-corrected chi connectivity index (χ4v) is 1.33. The minimum absolute atomic E-state index is 0.792. The molecule has 1 aromatic carbocycles. The number of hydroxylamine groups is 1. The van der Waals surface area contributed by atoms with E-state index in [1.807, 2.05) is 22.4 Å². The van der Waals surface area contributed by atoms with Crippen molar-refractivity contribution in [1.29, 1.82) is 0 Å². The molecule has 0 aliphatic rings.